The number of carbonyl (C=O) groups excluding carboxylic acids is 1. The molecular weight excluding hydrogens is 589 g/mol. The Labute approximate surface area is 247 Å². The van der Waals surface area contributed by atoms with Crippen LogP contribution < -0.4 is 16.4 Å². The van der Waals surface area contributed by atoms with Crippen molar-refractivity contribution in [3.8, 4) is 11.1 Å². The van der Waals surface area contributed by atoms with Crippen molar-refractivity contribution in [2.45, 2.75) is 44.3 Å². The van der Waals surface area contributed by atoms with Gasteiger partial charge in [0.1, 0.15) is 29.5 Å². The zero-order valence-corrected chi connectivity index (χ0v) is 23.3. The van der Waals surface area contributed by atoms with Crippen LogP contribution in [0.15, 0.2) is 48.8 Å². The molecule has 0 bridgehead atoms. The molecule has 5 rings (SSSR count). The van der Waals surface area contributed by atoms with Crippen LogP contribution in [0.25, 0.3) is 16.6 Å². The maximum Gasteiger partial charge on any atom is 0.416 e. The number of urea groups is 1. The summed E-state index contributed by atoms with van der Waals surface area (Å²) < 4.78 is 69.9. The fraction of sp³-hybridized carbons (Fsp3) is 0.310. The van der Waals surface area contributed by atoms with Crippen molar-refractivity contribution in [3.63, 3.8) is 0 Å². The largest absolute Gasteiger partial charge is 0.480 e. The van der Waals surface area contributed by atoms with Gasteiger partial charge in [0, 0.05) is 17.2 Å². The summed E-state index contributed by atoms with van der Waals surface area (Å²) in [5, 5.41) is 18.0. The average molecular weight is 618 g/mol. The van der Waals surface area contributed by atoms with Crippen LogP contribution in [0.2, 0.25) is 0 Å². The first-order chi connectivity index (χ1) is 20.9. The fourth-order valence-corrected chi connectivity index (χ4v) is 5.56. The van der Waals surface area contributed by atoms with Crippen molar-refractivity contribution in [2.24, 2.45) is 0 Å². The number of nitrogen functional groups attached to an aromatic ring is 1. The predicted octanol–water partition coefficient (Wildman–Crippen LogP) is 5.96. The first-order valence-electron chi connectivity index (χ1n) is 13.7. The summed E-state index contributed by atoms with van der Waals surface area (Å²) in [6.07, 6.45) is -1.63. The third-order valence-electron chi connectivity index (χ3n) is 7.74. The molecule has 4 aromatic rings. The molecule has 0 saturated carbocycles. The highest BCUT2D eigenvalue weighted by Gasteiger charge is 2.32. The van der Waals surface area contributed by atoms with E-state index in [-0.39, 0.29) is 17.4 Å². The molecule has 0 aliphatic carbocycles. The van der Waals surface area contributed by atoms with Gasteiger partial charge < -0.3 is 21.5 Å². The Morgan fingerprint density at radius 2 is 1.75 bits per heavy atom. The van der Waals surface area contributed by atoms with Gasteiger partial charge >= 0.3 is 18.2 Å². The van der Waals surface area contributed by atoms with Crippen molar-refractivity contribution in [3.05, 3.63) is 71.7 Å². The lowest BCUT2D eigenvalue weighted by molar-refractivity contribution is -0.144. The average Bonchev–Trinajstić information content (AvgIpc) is 3.36. The standard InChI is InChI=1S/C29H28F5N7O3/c1-2-23(27(42)43)40-9-7-15(8-10-40)24-13-18(25-26(35)36-14-37-41(24)25)16-3-6-21(20(31)11-16)38-28(44)39-22-12-17(29(32,33)34)4-5-19(22)30/h3-6,11-15,23H,2,7-10H2,1H3,(H,42,43)(H2,35,36,37)(H2,38,39,44). The molecular formula is C29H28F5N7O3. The summed E-state index contributed by atoms with van der Waals surface area (Å²) in [7, 11) is 0. The maximum absolute atomic E-state index is 15.2. The molecule has 10 nitrogen and oxygen atoms in total. The van der Waals surface area contributed by atoms with Crippen molar-refractivity contribution in [2.75, 3.05) is 29.5 Å². The van der Waals surface area contributed by atoms with Crippen LogP contribution in [-0.2, 0) is 11.0 Å². The number of hydrogen-bond acceptors (Lipinski definition) is 6. The van der Waals surface area contributed by atoms with Crippen LogP contribution in [0.1, 0.15) is 43.4 Å². The fourth-order valence-electron chi connectivity index (χ4n) is 5.56. The van der Waals surface area contributed by atoms with E-state index in [4.69, 9.17) is 5.73 Å². The lowest BCUT2D eigenvalue weighted by Gasteiger charge is -2.35. The Kier molecular flexibility index (Phi) is 8.41. The molecule has 1 saturated heterocycles. The maximum atomic E-state index is 15.2. The highest BCUT2D eigenvalue weighted by atomic mass is 19.4. The van der Waals surface area contributed by atoms with Crippen molar-refractivity contribution < 1.29 is 36.6 Å². The molecule has 0 radical (unpaired) electrons. The molecule has 232 valence electrons. The number of carboxylic acid groups (broad SMARTS) is 1. The highest BCUT2D eigenvalue weighted by Crippen LogP contribution is 2.38. The van der Waals surface area contributed by atoms with Crippen LogP contribution in [0.3, 0.4) is 0 Å². The number of nitrogens with one attached hydrogen (secondary N) is 2. The molecule has 5 N–H and O–H groups in total. The molecule has 2 aromatic carbocycles. The predicted molar refractivity (Wildman–Crippen MR) is 152 cm³/mol. The van der Waals surface area contributed by atoms with Gasteiger partial charge in [-0.15, -0.1) is 0 Å². The minimum Gasteiger partial charge on any atom is -0.480 e. The quantitative estimate of drug-likeness (QED) is 0.188. The monoisotopic (exact) mass is 617 g/mol. The van der Waals surface area contributed by atoms with E-state index in [1.165, 1.54) is 18.5 Å². The van der Waals surface area contributed by atoms with Gasteiger partial charge in [-0.2, -0.15) is 18.3 Å². The molecule has 1 fully saturated rings. The highest BCUT2D eigenvalue weighted by molar-refractivity contribution is 6.00. The molecule has 0 spiro atoms. The molecule has 2 aromatic heterocycles. The lowest BCUT2D eigenvalue weighted by atomic mass is 9.92. The molecule has 1 aliphatic rings. The summed E-state index contributed by atoms with van der Waals surface area (Å²) in [6.45, 7) is 2.97. The van der Waals surface area contributed by atoms with Crippen LogP contribution in [-0.4, -0.2) is 55.7 Å². The number of anilines is 3. The number of likely N-dealkylation sites (tertiary alicyclic amines) is 1. The first-order valence-corrected chi connectivity index (χ1v) is 13.7. The zero-order chi connectivity index (χ0) is 31.8. The molecule has 1 unspecified atom stereocenters. The number of halogens is 5. The van der Waals surface area contributed by atoms with Gasteiger partial charge in [-0.3, -0.25) is 9.69 Å². The van der Waals surface area contributed by atoms with Gasteiger partial charge in [0.2, 0.25) is 0 Å². The van der Waals surface area contributed by atoms with E-state index in [1.807, 2.05) is 23.2 Å². The van der Waals surface area contributed by atoms with E-state index >= 15 is 4.39 Å². The smallest absolute Gasteiger partial charge is 0.416 e. The van der Waals surface area contributed by atoms with E-state index in [9.17, 15) is 32.3 Å². The number of piperidine rings is 1. The van der Waals surface area contributed by atoms with E-state index in [2.05, 4.69) is 15.4 Å². The second kappa shape index (κ2) is 12.1. The van der Waals surface area contributed by atoms with Crippen molar-refractivity contribution in [1.82, 2.24) is 19.5 Å². The van der Waals surface area contributed by atoms with Crippen molar-refractivity contribution in [1.29, 1.82) is 0 Å². The summed E-state index contributed by atoms with van der Waals surface area (Å²) in [6, 6.07) is 5.58. The van der Waals surface area contributed by atoms with Gasteiger partial charge in [0.15, 0.2) is 5.82 Å². The zero-order valence-electron chi connectivity index (χ0n) is 23.3. The minimum absolute atomic E-state index is 0.0128. The van der Waals surface area contributed by atoms with Crippen LogP contribution >= 0.6 is 0 Å². The SMILES string of the molecule is CCC(C(=O)O)N1CCC(c2cc(-c3ccc(NC(=O)Nc4cc(C(F)(F)F)ccc4F)c(F)c3)c3c(N)ncnn23)CC1. The summed E-state index contributed by atoms with van der Waals surface area (Å²) in [4.78, 5) is 30.1. The number of nitrogens with zero attached hydrogens (tertiary/aromatic N) is 4. The molecule has 2 amide bonds. The molecule has 1 atom stereocenters. The number of benzene rings is 2. The number of aromatic nitrogens is 3. The molecule has 3 heterocycles. The van der Waals surface area contributed by atoms with Crippen LogP contribution in [0, 0.1) is 11.6 Å². The Bertz CT molecular complexity index is 1720. The number of fused-ring (bicyclic) bond motifs is 1. The van der Waals surface area contributed by atoms with E-state index in [1.54, 1.807) is 4.52 Å². The van der Waals surface area contributed by atoms with Gasteiger partial charge in [0.25, 0.3) is 0 Å². The first kappa shape index (κ1) is 30.7. The molecule has 1 aliphatic heterocycles. The third-order valence-corrected chi connectivity index (χ3v) is 7.74. The second-order valence-electron chi connectivity index (χ2n) is 10.4. The summed E-state index contributed by atoms with van der Waals surface area (Å²) in [5.41, 5.74) is 6.17. The lowest BCUT2D eigenvalue weighted by Crippen LogP contribution is -2.45. The van der Waals surface area contributed by atoms with E-state index < -0.39 is 47.1 Å². The number of alkyl halides is 3. The number of hydrogen-bond donors (Lipinski definition) is 4. The number of nitrogens with two attached hydrogens (primary N) is 1. The van der Waals surface area contributed by atoms with Gasteiger partial charge in [-0.1, -0.05) is 13.0 Å². The van der Waals surface area contributed by atoms with E-state index in [0.29, 0.717) is 67.2 Å². The second-order valence-corrected chi connectivity index (χ2v) is 10.4. The number of carboxylic acids is 1. The number of carbonyl (C=O) groups is 2. The third kappa shape index (κ3) is 6.13. The Morgan fingerprint density at radius 3 is 2.39 bits per heavy atom. The van der Waals surface area contributed by atoms with Gasteiger partial charge in [-0.05, 0) is 74.3 Å². The number of rotatable bonds is 7. The van der Waals surface area contributed by atoms with Crippen LogP contribution in [0.4, 0.5) is 43.9 Å². The molecule has 15 heteroatoms. The number of amides is 2. The Hall–Kier alpha value is -4.79. The van der Waals surface area contributed by atoms with Gasteiger partial charge in [0.05, 0.1) is 16.9 Å². The summed E-state index contributed by atoms with van der Waals surface area (Å²) in [5.74, 6) is -2.66. The van der Waals surface area contributed by atoms with Gasteiger partial charge in [-0.25, -0.2) is 23.1 Å². The van der Waals surface area contributed by atoms with Crippen molar-refractivity contribution >= 4 is 34.7 Å². The topological polar surface area (TPSA) is 138 Å². The minimum atomic E-state index is -4.75. The van der Waals surface area contributed by atoms with E-state index in [0.717, 1.165) is 11.8 Å². The number of aliphatic carboxylic acids is 1. The Morgan fingerprint density at radius 1 is 1.05 bits per heavy atom. The van der Waals surface area contributed by atoms with Crippen LogP contribution in [0.5, 0.6) is 0 Å². The molecule has 44 heavy (non-hydrogen) atoms. The summed E-state index contributed by atoms with van der Waals surface area (Å²) >= 11 is 0. The normalized spacial score (nSPS) is 15.3. The Balaban J connectivity index is 1.37.